The Morgan fingerprint density at radius 1 is 0.800 bits per heavy atom. The van der Waals surface area contributed by atoms with Crippen LogP contribution in [-0.2, 0) is 0 Å². The molecule has 4 rings (SSSR count). The SMILES string of the molecule is NC(NC(=O)c1ccccc1)=[N+]1CCN(C(c2ccccc2)c2ccccc2)CC1. The van der Waals surface area contributed by atoms with Crippen molar-refractivity contribution in [2.45, 2.75) is 6.04 Å². The second-order valence-corrected chi connectivity index (χ2v) is 7.45. The monoisotopic (exact) mass is 399 g/mol. The highest BCUT2D eigenvalue weighted by Crippen LogP contribution is 2.28. The molecule has 152 valence electrons. The first-order valence-electron chi connectivity index (χ1n) is 10.3. The molecule has 3 aromatic rings. The number of hydrogen-bond donors (Lipinski definition) is 2. The maximum Gasteiger partial charge on any atom is 0.351 e. The molecule has 5 heteroatoms. The van der Waals surface area contributed by atoms with Gasteiger partial charge in [0.2, 0.25) is 0 Å². The minimum Gasteiger partial charge on any atom is -0.290 e. The zero-order chi connectivity index (χ0) is 20.8. The molecule has 1 fully saturated rings. The fourth-order valence-electron chi connectivity index (χ4n) is 3.96. The van der Waals surface area contributed by atoms with Crippen LogP contribution in [-0.4, -0.2) is 47.5 Å². The molecule has 0 spiro atoms. The van der Waals surface area contributed by atoms with Crippen molar-refractivity contribution in [3.8, 4) is 0 Å². The number of rotatable bonds is 4. The number of nitrogens with zero attached hydrogens (tertiary/aromatic N) is 2. The summed E-state index contributed by atoms with van der Waals surface area (Å²) in [5, 5.41) is 2.84. The third-order valence-corrected chi connectivity index (χ3v) is 5.53. The molecule has 1 aliphatic rings. The predicted molar refractivity (Wildman–Crippen MR) is 119 cm³/mol. The summed E-state index contributed by atoms with van der Waals surface area (Å²) < 4.78 is 2.05. The van der Waals surface area contributed by atoms with E-state index in [1.54, 1.807) is 12.1 Å². The van der Waals surface area contributed by atoms with Crippen LogP contribution in [0.3, 0.4) is 0 Å². The smallest absolute Gasteiger partial charge is 0.290 e. The lowest BCUT2D eigenvalue weighted by molar-refractivity contribution is -0.542. The van der Waals surface area contributed by atoms with Gasteiger partial charge in [0.1, 0.15) is 0 Å². The second kappa shape index (κ2) is 9.37. The molecule has 30 heavy (non-hydrogen) atoms. The van der Waals surface area contributed by atoms with Gasteiger partial charge in [0, 0.05) is 13.1 Å². The standard InChI is InChI=1S/C25H26N4O/c26-25(27-24(30)22-14-8-3-9-15-22)29-18-16-28(17-19-29)23(20-10-4-1-5-11-20)21-12-6-2-7-13-21/h1-15,23H,16-19H2,(H2,26,27,30)/p+1. The number of amides is 1. The number of hydrogen-bond acceptors (Lipinski definition) is 2. The summed E-state index contributed by atoms with van der Waals surface area (Å²) in [5.41, 5.74) is 9.39. The predicted octanol–water partition coefficient (Wildman–Crippen LogP) is 2.85. The van der Waals surface area contributed by atoms with E-state index in [0.717, 1.165) is 26.2 Å². The van der Waals surface area contributed by atoms with Crippen LogP contribution < -0.4 is 11.1 Å². The van der Waals surface area contributed by atoms with Crippen LogP contribution in [0.2, 0.25) is 0 Å². The maximum atomic E-state index is 12.4. The van der Waals surface area contributed by atoms with Crippen molar-refractivity contribution in [1.29, 1.82) is 0 Å². The van der Waals surface area contributed by atoms with Gasteiger partial charge in [-0.05, 0) is 23.3 Å². The van der Waals surface area contributed by atoms with Crippen molar-refractivity contribution in [1.82, 2.24) is 10.2 Å². The van der Waals surface area contributed by atoms with Crippen LogP contribution >= 0.6 is 0 Å². The average molecular weight is 400 g/mol. The highest BCUT2D eigenvalue weighted by Gasteiger charge is 2.27. The van der Waals surface area contributed by atoms with E-state index in [9.17, 15) is 4.79 Å². The van der Waals surface area contributed by atoms with Gasteiger partial charge in [-0.25, -0.2) is 5.32 Å². The molecule has 0 aliphatic carbocycles. The van der Waals surface area contributed by atoms with Crippen molar-refractivity contribution in [3.05, 3.63) is 108 Å². The number of nitrogens with two attached hydrogens (primary N) is 1. The molecule has 0 bridgehead atoms. The lowest BCUT2D eigenvalue weighted by Gasteiger charge is -2.35. The number of nitrogens with one attached hydrogen (secondary N) is 1. The van der Waals surface area contributed by atoms with Crippen LogP contribution in [0.4, 0.5) is 0 Å². The topological polar surface area (TPSA) is 61.4 Å². The number of benzene rings is 3. The van der Waals surface area contributed by atoms with Crippen LogP contribution in [0.15, 0.2) is 91.0 Å². The highest BCUT2D eigenvalue weighted by molar-refractivity contribution is 6.03. The zero-order valence-corrected chi connectivity index (χ0v) is 16.9. The molecule has 0 atom stereocenters. The van der Waals surface area contributed by atoms with Gasteiger partial charge in [-0.15, -0.1) is 0 Å². The molecule has 3 aromatic carbocycles. The van der Waals surface area contributed by atoms with E-state index in [1.165, 1.54) is 11.1 Å². The molecular formula is C25H27N4O+. The largest absolute Gasteiger partial charge is 0.351 e. The number of carbonyl (C=O) groups excluding carboxylic acids is 1. The van der Waals surface area contributed by atoms with Crippen molar-refractivity contribution < 1.29 is 9.37 Å². The van der Waals surface area contributed by atoms with Crippen LogP contribution in [0, 0.1) is 0 Å². The number of carbonyl (C=O) groups is 1. The first kappa shape index (κ1) is 19.9. The van der Waals surface area contributed by atoms with Gasteiger partial charge in [0.05, 0.1) is 24.7 Å². The Kier molecular flexibility index (Phi) is 6.20. The lowest BCUT2D eigenvalue weighted by atomic mass is 9.96. The number of guanidine groups is 1. The molecule has 1 aliphatic heterocycles. The van der Waals surface area contributed by atoms with Gasteiger partial charge in [-0.3, -0.25) is 20.0 Å². The van der Waals surface area contributed by atoms with E-state index in [2.05, 4.69) is 70.9 Å². The fourth-order valence-corrected chi connectivity index (χ4v) is 3.96. The van der Waals surface area contributed by atoms with E-state index in [0.29, 0.717) is 11.5 Å². The summed E-state index contributed by atoms with van der Waals surface area (Å²) in [6, 6.07) is 30.5. The van der Waals surface area contributed by atoms with Crippen LogP contribution in [0.5, 0.6) is 0 Å². The Labute approximate surface area is 177 Å². The Morgan fingerprint density at radius 2 is 1.27 bits per heavy atom. The van der Waals surface area contributed by atoms with Gasteiger partial charge in [0.25, 0.3) is 0 Å². The van der Waals surface area contributed by atoms with E-state index in [-0.39, 0.29) is 11.9 Å². The Morgan fingerprint density at radius 3 is 1.77 bits per heavy atom. The average Bonchev–Trinajstić information content (AvgIpc) is 2.81. The number of piperazine rings is 1. The van der Waals surface area contributed by atoms with E-state index in [4.69, 9.17) is 5.73 Å². The minimum absolute atomic E-state index is 0.179. The van der Waals surface area contributed by atoms with Gasteiger partial charge >= 0.3 is 11.9 Å². The van der Waals surface area contributed by atoms with Gasteiger partial charge in [0.15, 0.2) is 0 Å². The maximum absolute atomic E-state index is 12.4. The molecule has 3 N–H and O–H groups in total. The summed E-state index contributed by atoms with van der Waals surface area (Å²) in [4.78, 5) is 14.9. The van der Waals surface area contributed by atoms with E-state index < -0.39 is 0 Å². The zero-order valence-electron chi connectivity index (χ0n) is 16.9. The molecule has 0 aromatic heterocycles. The van der Waals surface area contributed by atoms with E-state index >= 15 is 0 Å². The summed E-state index contributed by atoms with van der Waals surface area (Å²) in [7, 11) is 0. The van der Waals surface area contributed by atoms with Crippen molar-refractivity contribution in [2.24, 2.45) is 5.73 Å². The molecule has 0 radical (unpaired) electrons. The lowest BCUT2D eigenvalue weighted by Crippen LogP contribution is -2.51. The Hall–Kier alpha value is -3.44. The third-order valence-electron chi connectivity index (χ3n) is 5.53. The fraction of sp³-hybridized carbons (Fsp3) is 0.200. The summed E-state index contributed by atoms with van der Waals surface area (Å²) >= 11 is 0. The van der Waals surface area contributed by atoms with Crippen LogP contribution in [0.25, 0.3) is 0 Å². The minimum atomic E-state index is -0.179. The molecule has 0 unspecified atom stereocenters. The first-order valence-corrected chi connectivity index (χ1v) is 10.3. The molecule has 1 heterocycles. The molecular weight excluding hydrogens is 372 g/mol. The Bertz CT molecular complexity index is 954. The van der Waals surface area contributed by atoms with Crippen molar-refractivity contribution >= 4 is 11.9 Å². The normalized spacial score (nSPS) is 14.5. The first-order chi connectivity index (χ1) is 14.7. The van der Waals surface area contributed by atoms with E-state index in [1.807, 2.05) is 22.8 Å². The molecule has 0 saturated carbocycles. The quantitative estimate of drug-likeness (QED) is 0.524. The summed E-state index contributed by atoms with van der Waals surface area (Å²) in [6.07, 6.45) is 0. The highest BCUT2D eigenvalue weighted by atomic mass is 16.1. The van der Waals surface area contributed by atoms with Crippen LogP contribution in [0.1, 0.15) is 27.5 Å². The molecule has 1 saturated heterocycles. The molecule has 1 amide bonds. The molecule has 5 nitrogen and oxygen atoms in total. The van der Waals surface area contributed by atoms with Gasteiger partial charge in [-0.1, -0.05) is 78.9 Å². The van der Waals surface area contributed by atoms with Gasteiger partial charge in [-0.2, -0.15) is 0 Å². The Balaban J connectivity index is 1.48. The second-order valence-electron chi connectivity index (χ2n) is 7.45. The van der Waals surface area contributed by atoms with Crippen molar-refractivity contribution in [2.75, 3.05) is 26.2 Å². The van der Waals surface area contributed by atoms with Gasteiger partial charge < -0.3 is 0 Å². The summed E-state index contributed by atoms with van der Waals surface area (Å²) in [5.74, 6) is 0.237. The summed E-state index contributed by atoms with van der Waals surface area (Å²) in [6.45, 7) is 3.24. The third kappa shape index (κ3) is 4.58. The van der Waals surface area contributed by atoms with Crippen molar-refractivity contribution in [3.63, 3.8) is 0 Å².